The van der Waals surface area contributed by atoms with Crippen LogP contribution in [0.3, 0.4) is 0 Å². The van der Waals surface area contributed by atoms with E-state index in [1.54, 1.807) is 4.90 Å². The SMILES string of the molecule is CN(C/C=C/c1ccccc1)C(=C(O)O)c1ccccc1. The van der Waals surface area contributed by atoms with E-state index in [1.165, 1.54) is 0 Å². The molecule has 108 valence electrons. The van der Waals surface area contributed by atoms with Gasteiger partial charge in [0.05, 0.1) is 0 Å². The minimum absolute atomic E-state index is 0.410. The Morgan fingerprint density at radius 2 is 1.52 bits per heavy atom. The van der Waals surface area contributed by atoms with Crippen LogP contribution in [0.25, 0.3) is 11.8 Å². The van der Waals surface area contributed by atoms with Crippen molar-refractivity contribution in [1.82, 2.24) is 4.90 Å². The van der Waals surface area contributed by atoms with E-state index in [2.05, 4.69) is 0 Å². The summed E-state index contributed by atoms with van der Waals surface area (Å²) in [6, 6.07) is 19.3. The summed E-state index contributed by atoms with van der Waals surface area (Å²) in [5.41, 5.74) is 2.30. The van der Waals surface area contributed by atoms with Crippen molar-refractivity contribution in [3.8, 4) is 0 Å². The molecule has 0 amide bonds. The molecule has 0 saturated heterocycles. The zero-order valence-electron chi connectivity index (χ0n) is 12.0. The maximum Gasteiger partial charge on any atom is 0.299 e. The molecule has 0 atom stereocenters. The Labute approximate surface area is 125 Å². The Morgan fingerprint density at radius 3 is 2.10 bits per heavy atom. The van der Waals surface area contributed by atoms with Crippen molar-refractivity contribution in [3.05, 3.63) is 83.8 Å². The highest BCUT2D eigenvalue weighted by Gasteiger charge is 2.12. The van der Waals surface area contributed by atoms with E-state index in [1.807, 2.05) is 79.9 Å². The molecule has 0 spiro atoms. The number of rotatable bonds is 5. The summed E-state index contributed by atoms with van der Waals surface area (Å²) in [5.74, 6) is -0.670. The lowest BCUT2D eigenvalue weighted by molar-refractivity contribution is 0.186. The zero-order valence-corrected chi connectivity index (χ0v) is 12.0. The number of hydrogen-bond donors (Lipinski definition) is 2. The van der Waals surface area contributed by atoms with Crippen molar-refractivity contribution in [1.29, 1.82) is 0 Å². The third kappa shape index (κ3) is 4.14. The second-order valence-electron chi connectivity index (χ2n) is 4.73. The lowest BCUT2D eigenvalue weighted by atomic mass is 10.1. The minimum Gasteiger partial charge on any atom is -0.480 e. The van der Waals surface area contributed by atoms with Crippen molar-refractivity contribution in [2.75, 3.05) is 13.6 Å². The molecular weight excluding hydrogens is 262 g/mol. The number of hydrogen-bond acceptors (Lipinski definition) is 3. The smallest absolute Gasteiger partial charge is 0.299 e. The predicted octanol–water partition coefficient (Wildman–Crippen LogP) is 4.07. The average Bonchev–Trinajstić information content (AvgIpc) is 2.49. The molecule has 0 saturated carbocycles. The number of aliphatic hydroxyl groups excluding tert-OH is 1. The molecule has 3 heteroatoms. The maximum absolute atomic E-state index is 9.52. The Balaban J connectivity index is 2.09. The first-order chi connectivity index (χ1) is 10.2. The quantitative estimate of drug-likeness (QED) is 0.812. The van der Waals surface area contributed by atoms with Gasteiger partial charge in [-0.1, -0.05) is 72.8 Å². The van der Waals surface area contributed by atoms with Crippen LogP contribution in [0.15, 0.2) is 72.7 Å². The monoisotopic (exact) mass is 281 g/mol. The van der Waals surface area contributed by atoms with Crippen LogP contribution in [0.4, 0.5) is 0 Å². The van der Waals surface area contributed by atoms with Gasteiger partial charge in [-0.15, -0.1) is 0 Å². The summed E-state index contributed by atoms with van der Waals surface area (Å²) in [7, 11) is 1.82. The lowest BCUT2D eigenvalue weighted by Gasteiger charge is -2.20. The number of benzene rings is 2. The standard InChI is InChI=1S/C18H19NO2/c1-19(14-8-11-15-9-4-2-5-10-15)17(18(20)21)16-12-6-3-7-13-16/h2-13,20-21H,14H2,1H3/b11-8+. The predicted molar refractivity (Wildman–Crippen MR) is 86.7 cm³/mol. The van der Waals surface area contributed by atoms with Crippen LogP contribution < -0.4 is 0 Å². The fourth-order valence-electron chi connectivity index (χ4n) is 2.12. The van der Waals surface area contributed by atoms with Crippen LogP contribution in [-0.2, 0) is 0 Å². The van der Waals surface area contributed by atoms with Gasteiger partial charge in [0.2, 0.25) is 0 Å². The van der Waals surface area contributed by atoms with E-state index >= 15 is 0 Å². The molecule has 2 rings (SSSR count). The fourth-order valence-corrected chi connectivity index (χ4v) is 2.12. The van der Waals surface area contributed by atoms with Crippen LogP contribution in [0.2, 0.25) is 0 Å². The minimum atomic E-state index is -0.670. The van der Waals surface area contributed by atoms with E-state index in [9.17, 15) is 10.2 Å². The molecule has 2 aromatic rings. The van der Waals surface area contributed by atoms with Crippen molar-refractivity contribution in [2.45, 2.75) is 0 Å². The lowest BCUT2D eigenvalue weighted by Crippen LogP contribution is -2.18. The van der Waals surface area contributed by atoms with Crippen LogP contribution in [0, 0.1) is 0 Å². The van der Waals surface area contributed by atoms with Gasteiger partial charge in [0.15, 0.2) is 0 Å². The molecule has 3 nitrogen and oxygen atoms in total. The molecule has 0 unspecified atom stereocenters. The molecular formula is C18H19NO2. The summed E-state index contributed by atoms with van der Waals surface area (Å²) in [4.78, 5) is 1.80. The van der Waals surface area contributed by atoms with Gasteiger partial charge in [0, 0.05) is 19.2 Å². The summed E-state index contributed by atoms with van der Waals surface area (Å²) < 4.78 is 0. The van der Waals surface area contributed by atoms with E-state index in [4.69, 9.17) is 0 Å². The highest BCUT2D eigenvalue weighted by Crippen LogP contribution is 2.19. The molecule has 0 bridgehead atoms. The van der Waals surface area contributed by atoms with Crippen LogP contribution in [0.1, 0.15) is 11.1 Å². The fraction of sp³-hybridized carbons (Fsp3) is 0.111. The second-order valence-corrected chi connectivity index (χ2v) is 4.73. The first-order valence-electron chi connectivity index (χ1n) is 6.79. The van der Waals surface area contributed by atoms with Gasteiger partial charge in [-0.3, -0.25) is 0 Å². The number of aliphatic hydroxyl groups is 2. The normalized spacial score (nSPS) is 10.5. The third-order valence-corrected chi connectivity index (χ3v) is 3.13. The highest BCUT2D eigenvalue weighted by molar-refractivity contribution is 5.64. The zero-order chi connectivity index (χ0) is 15.1. The largest absolute Gasteiger partial charge is 0.480 e. The number of nitrogens with zero attached hydrogens (tertiary/aromatic N) is 1. The third-order valence-electron chi connectivity index (χ3n) is 3.13. The molecule has 21 heavy (non-hydrogen) atoms. The first kappa shape index (κ1) is 14.7. The molecule has 2 N–H and O–H groups in total. The Morgan fingerprint density at radius 1 is 0.952 bits per heavy atom. The summed E-state index contributed by atoms with van der Waals surface area (Å²) >= 11 is 0. The Hall–Kier alpha value is -2.68. The van der Waals surface area contributed by atoms with Gasteiger partial charge in [0.25, 0.3) is 5.95 Å². The van der Waals surface area contributed by atoms with Crippen molar-refractivity contribution < 1.29 is 10.2 Å². The summed E-state index contributed by atoms with van der Waals surface area (Å²) in [6.07, 6.45) is 3.99. The van der Waals surface area contributed by atoms with Crippen molar-refractivity contribution in [3.63, 3.8) is 0 Å². The molecule has 2 aromatic carbocycles. The number of likely N-dealkylation sites (N-methyl/N-ethyl adjacent to an activating group) is 1. The van der Waals surface area contributed by atoms with Gasteiger partial charge in [-0.05, 0) is 5.56 Å². The second kappa shape index (κ2) is 7.20. The summed E-state index contributed by atoms with van der Waals surface area (Å²) in [6.45, 7) is 0.573. The van der Waals surface area contributed by atoms with Gasteiger partial charge >= 0.3 is 0 Å². The van der Waals surface area contributed by atoms with Gasteiger partial charge < -0.3 is 15.1 Å². The molecule has 0 aliphatic carbocycles. The molecule has 0 radical (unpaired) electrons. The van der Waals surface area contributed by atoms with Crippen LogP contribution in [-0.4, -0.2) is 28.7 Å². The van der Waals surface area contributed by atoms with E-state index in [-0.39, 0.29) is 0 Å². The van der Waals surface area contributed by atoms with E-state index in [0.29, 0.717) is 12.2 Å². The topological polar surface area (TPSA) is 43.7 Å². The average molecular weight is 281 g/mol. The van der Waals surface area contributed by atoms with Crippen molar-refractivity contribution >= 4 is 11.8 Å². The Bertz CT molecular complexity index is 614. The molecule has 0 heterocycles. The van der Waals surface area contributed by atoms with Gasteiger partial charge in [-0.25, -0.2) is 0 Å². The molecule has 0 aromatic heterocycles. The van der Waals surface area contributed by atoms with E-state index in [0.717, 1.165) is 11.1 Å². The highest BCUT2D eigenvalue weighted by atomic mass is 16.5. The van der Waals surface area contributed by atoms with Gasteiger partial charge in [-0.2, -0.15) is 0 Å². The van der Waals surface area contributed by atoms with Crippen LogP contribution in [0.5, 0.6) is 0 Å². The van der Waals surface area contributed by atoms with Crippen LogP contribution >= 0.6 is 0 Å². The van der Waals surface area contributed by atoms with Gasteiger partial charge in [0.1, 0.15) is 5.70 Å². The molecule has 0 aliphatic heterocycles. The van der Waals surface area contributed by atoms with E-state index < -0.39 is 5.95 Å². The maximum atomic E-state index is 9.52. The molecule has 0 aliphatic rings. The Kier molecular flexibility index (Phi) is 5.04. The van der Waals surface area contributed by atoms with Crippen molar-refractivity contribution in [2.24, 2.45) is 0 Å². The first-order valence-corrected chi connectivity index (χ1v) is 6.79. The molecule has 0 fully saturated rings. The summed E-state index contributed by atoms with van der Waals surface area (Å²) in [5, 5.41) is 19.0.